The Hall–Kier alpha value is -3.54. The predicted molar refractivity (Wildman–Crippen MR) is 142 cm³/mol. The Bertz CT molecular complexity index is 1630. The molecule has 0 amide bonds. The van der Waals surface area contributed by atoms with Crippen LogP contribution in [-0.4, -0.2) is 53.3 Å². The minimum absolute atomic E-state index is 0.0538. The average molecular weight is 576 g/mol. The van der Waals surface area contributed by atoms with E-state index in [-0.39, 0.29) is 36.1 Å². The summed E-state index contributed by atoms with van der Waals surface area (Å²) in [6, 6.07) is 17.2. The Morgan fingerprint density at radius 2 is 1.79 bits per heavy atom. The van der Waals surface area contributed by atoms with Gasteiger partial charge in [0.05, 0.1) is 33.6 Å². The highest BCUT2D eigenvalue weighted by Crippen LogP contribution is 2.41. The molecule has 1 saturated heterocycles. The summed E-state index contributed by atoms with van der Waals surface area (Å²) in [6.45, 7) is -0.865. The maximum atomic E-state index is 13.5. The standard InChI is InChI=1S/C27H24ClF2N3O5S/c1-16-14-32(39(36,37)19-9-7-18(8-10-19)38-27(29)30)15-23(16)33-26-20(22(31-33)13-24(34)35)11-12-21(28)25(26)17-5-3-2-4-6-17/h2-12,16,23,27H,13-15H2,1H3,(H,34,35)/t16-,23+/m1/s1. The lowest BCUT2D eigenvalue weighted by Gasteiger charge is -2.19. The summed E-state index contributed by atoms with van der Waals surface area (Å²) in [5, 5.41) is 15.3. The highest BCUT2D eigenvalue weighted by Gasteiger charge is 2.40. The Labute approximate surface area is 228 Å². The van der Waals surface area contributed by atoms with Crippen LogP contribution in [0.5, 0.6) is 5.75 Å². The minimum atomic E-state index is -3.96. The van der Waals surface area contributed by atoms with Gasteiger partial charge in [0.15, 0.2) is 0 Å². The fraction of sp³-hybridized carbons (Fsp3) is 0.259. The molecular weight excluding hydrogens is 552 g/mol. The van der Waals surface area contributed by atoms with Gasteiger partial charge in [-0.25, -0.2) is 8.42 Å². The molecule has 1 N–H and O–H groups in total. The minimum Gasteiger partial charge on any atom is -0.481 e. The highest BCUT2D eigenvalue weighted by atomic mass is 35.5. The fourth-order valence-corrected chi connectivity index (χ4v) is 6.85. The molecule has 1 aliphatic heterocycles. The zero-order chi connectivity index (χ0) is 27.9. The Balaban J connectivity index is 1.57. The van der Waals surface area contributed by atoms with E-state index in [0.29, 0.717) is 27.2 Å². The number of ether oxygens (including phenoxy) is 1. The lowest BCUT2D eigenvalue weighted by atomic mass is 10.00. The zero-order valence-electron chi connectivity index (χ0n) is 20.7. The second kappa shape index (κ2) is 10.6. The number of benzene rings is 3. The maximum absolute atomic E-state index is 13.5. The second-order valence-electron chi connectivity index (χ2n) is 9.36. The molecule has 0 aliphatic carbocycles. The first-order valence-electron chi connectivity index (χ1n) is 12.1. The molecule has 5 rings (SSSR count). The third kappa shape index (κ3) is 5.21. The lowest BCUT2D eigenvalue weighted by molar-refractivity contribution is -0.136. The highest BCUT2D eigenvalue weighted by molar-refractivity contribution is 7.89. The number of hydrogen-bond acceptors (Lipinski definition) is 5. The van der Waals surface area contributed by atoms with E-state index in [1.807, 2.05) is 37.3 Å². The van der Waals surface area contributed by atoms with E-state index in [1.165, 1.54) is 28.6 Å². The largest absolute Gasteiger partial charge is 0.481 e. The predicted octanol–water partition coefficient (Wildman–Crippen LogP) is 5.47. The van der Waals surface area contributed by atoms with E-state index in [9.17, 15) is 27.1 Å². The first kappa shape index (κ1) is 27.0. The van der Waals surface area contributed by atoms with E-state index < -0.39 is 28.6 Å². The summed E-state index contributed by atoms with van der Waals surface area (Å²) in [5.41, 5.74) is 2.49. The normalized spacial score (nSPS) is 18.2. The van der Waals surface area contributed by atoms with Crippen molar-refractivity contribution in [2.24, 2.45) is 5.92 Å². The molecule has 0 radical (unpaired) electrons. The number of aromatic nitrogens is 2. The number of rotatable bonds is 8. The van der Waals surface area contributed by atoms with E-state index in [1.54, 1.807) is 16.8 Å². The third-order valence-corrected chi connectivity index (χ3v) is 8.98. The molecule has 12 heteroatoms. The van der Waals surface area contributed by atoms with Crippen LogP contribution in [0, 0.1) is 5.92 Å². The molecule has 1 fully saturated rings. The molecule has 0 unspecified atom stereocenters. The van der Waals surface area contributed by atoms with Gasteiger partial charge in [0.2, 0.25) is 10.0 Å². The summed E-state index contributed by atoms with van der Waals surface area (Å²) >= 11 is 6.67. The zero-order valence-corrected chi connectivity index (χ0v) is 22.2. The van der Waals surface area contributed by atoms with Crippen molar-refractivity contribution >= 4 is 38.5 Å². The Morgan fingerprint density at radius 1 is 1.10 bits per heavy atom. The van der Waals surface area contributed by atoms with Crippen molar-refractivity contribution in [1.29, 1.82) is 0 Å². The van der Waals surface area contributed by atoms with Gasteiger partial charge in [0.25, 0.3) is 0 Å². The van der Waals surface area contributed by atoms with Gasteiger partial charge in [-0.1, -0.05) is 48.9 Å². The van der Waals surface area contributed by atoms with Gasteiger partial charge in [0, 0.05) is 24.0 Å². The summed E-state index contributed by atoms with van der Waals surface area (Å²) in [7, 11) is -3.96. The molecule has 0 spiro atoms. The van der Waals surface area contributed by atoms with E-state index >= 15 is 0 Å². The van der Waals surface area contributed by atoms with Crippen molar-refractivity contribution in [2.75, 3.05) is 13.1 Å². The molecule has 39 heavy (non-hydrogen) atoms. The van der Waals surface area contributed by atoms with Gasteiger partial charge >= 0.3 is 12.6 Å². The first-order chi connectivity index (χ1) is 18.6. The van der Waals surface area contributed by atoms with Gasteiger partial charge in [-0.3, -0.25) is 9.48 Å². The number of sulfonamides is 1. The monoisotopic (exact) mass is 575 g/mol. The number of fused-ring (bicyclic) bond motifs is 1. The Morgan fingerprint density at radius 3 is 2.44 bits per heavy atom. The molecule has 204 valence electrons. The SMILES string of the molecule is C[C@@H]1CN(S(=O)(=O)c2ccc(OC(F)F)cc2)C[C@@H]1n1nc(CC(=O)O)c2ccc(Cl)c(-c3ccccc3)c21. The van der Waals surface area contributed by atoms with Crippen LogP contribution in [0.25, 0.3) is 22.0 Å². The number of nitrogens with zero attached hydrogens (tertiary/aromatic N) is 3. The topological polar surface area (TPSA) is 102 Å². The number of halogens is 3. The quantitative estimate of drug-likeness (QED) is 0.299. The van der Waals surface area contributed by atoms with Gasteiger partial charge in [-0.15, -0.1) is 0 Å². The molecule has 8 nitrogen and oxygen atoms in total. The van der Waals surface area contributed by atoms with Crippen LogP contribution in [-0.2, 0) is 21.2 Å². The molecular formula is C27H24ClF2N3O5S. The molecule has 1 aromatic heterocycles. The second-order valence-corrected chi connectivity index (χ2v) is 11.7. The molecule has 2 atom stereocenters. The first-order valence-corrected chi connectivity index (χ1v) is 13.9. The molecule has 3 aromatic carbocycles. The molecule has 4 aromatic rings. The summed E-state index contributed by atoms with van der Waals surface area (Å²) in [4.78, 5) is 11.6. The van der Waals surface area contributed by atoms with Crippen LogP contribution in [0.1, 0.15) is 18.7 Å². The number of carboxylic acid groups (broad SMARTS) is 1. The summed E-state index contributed by atoms with van der Waals surface area (Å²) < 4.78 is 59.3. The van der Waals surface area contributed by atoms with Crippen LogP contribution in [0.15, 0.2) is 71.6 Å². The average Bonchev–Trinajstić information content (AvgIpc) is 3.44. The number of aliphatic carboxylic acids is 1. The molecule has 0 bridgehead atoms. The summed E-state index contributed by atoms with van der Waals surface area (Å²) in [6.07, 6.45) is -0.310. The molecule has 2 heterocycles. The number of carboxylic acids is 1. The van der Waals surface area contributed by atoms with Gasteiger partial charge in [-0.2, -0.15) is 18.2 Å². The van der Waals surface area contributed by atoms with Gasteiger partial charge < -0.3 is 9.84 Å². The fourth-order valence-electron chi connectivity index (χ4n) is 5.03. The molecule has 1 aliphatic rings. The van der Waals surface area contributed by atoms with Crippen molar-refractivity contribution in [3.63, 3.8) is 0 Å². The Kier molecular flexibility index (Phi) is 7.32. The van der Waals surface area contributed by atoms with E-state index in [0.717, 1.165) is 5.56 Å². The van der Waals surface area contributed by atoms with Crippen LogP contribution in [0.2, 0.25) is 5.02 Å². The lowest BCUT2D eigenvalue weighted by Crippen LogP contribution is -2.29. The third-order valence-electron chi connectivity index (χ3n) is 6.82. The number of hydrogen-bond donors (Lipinski definition) is 1. The van der Waals surface area contributed by atoms with Crippen molar-refractivity contribution in [3.05, 3.63) is 77.4 Å². The van der Waals surface area contributed by atoms with Gasteiger partial charge in [0.1, 0.15) is 5.75 Å². The van der Waals surface area contributed by atoms with Crippen LogP contribution < -0.4 is 4.74 Å². The molecule has 0 saturated carbocycles. The van der Waals surface area contributed by atoms with Crippen LogP contribution in [0.3, 0.4) is 0 Å². The van der Waals surface area contributed by atoms with E-state index in [2.05, 4.69) is 9.84 Å². The van der Waals surface area contributed by atoms with Crippen LogP contribution in [0.4, 0.5) is 8.78 Å². The summed E-state index contributed by atoms with van der Waals surface area (Å²) in [5.74, 6) is -1.37. The maximum Gasteiger partial charge on any atom is 0.387 e. The van der Waals surface area contributed by atoms with Crippen molar-refractivity contribution in [3.8, 4) is 16.9 Å². The number of carbonyl (C=O) groups is 1. The van der Waals surface area contributed by atoms with Crippen LogP contribution >= 0.6 is 11.6 Å². The van der Waals surface area contributed by atoms with Crippen molar-refractivity contribution in [1.82, 2.24) is 14.1 Å². The number of alkyl halides is 2. The smallest absolute Gasteiger partial charge is 0.387 e. The van der Waals surface area contributed by atoms with E-state index in [4.69, 9.17) is 11.6 Å². The van der Waals surface area contributed by atoms with Gasteiger partial charge in [-0.05, 0) is 47.9 Å². The van der Waals surface area contributed by atoms with Crippen molar-refractivity contribution < 1.29 is 31.8 Å². The van der Waals surface area contributed by atoms with Crippen molar-refractivity contribution in [2.45, 2.75) is 30.9 Å².